The van der Waals surface area contributed by atoms with Crippen LogP contribution in [-0.2, 0) is 16.1 Å². The molecule has 4 rings (SSSR count). The Morgan fingerprint density at radius 3 is 2.37 bits per heavy atom. The van der Waals surface area contributed by atoms with Crippen molar-refractivity contribution >= 4 is 34.2 Å². The van der Waals surface area contributed by atoms with E-state index in [1.807, 2.05) is 75.4 Å². The van der Waals surface area contributed by atoms with Crippen LogP contribution in [0.3, 0.4) is 0 Å². The highest BCUT2D eigenvalue weighted by atomic mass is 16.6. The molecule has 0 aliphatic heterocycles. The van der Waals surface area contributed by atoms with Gasteiger partial charge in [-0.2, -0.15) is 0 Å². The van der Waals surface area contributed by atoms with Crippen LogP contribution in [0.4, 0.5) is 5.69 Å². The van der Waals surface area contributed by atoms with Gasteiger partial charge < -0.3 is 25.9 Å². The Hall–Kier alpha value is -4.43. The van der Waals surface area contributed by atoms with Gasteiger partial charge in [-0.25, -0.2) is 4.99 Å². The summed E-state index contributed by atoms with van der Waals surface area (Å²) in [6.45, 7) is 6.68. The molecule has 1 heterocycles. The number of esters is 1. The summed E-state index contributed by atoms with van der Waals surface area (Å²) in [6.07, 6.45) is 0.301. The van der Waals surface area contributed by atoms with E-state index in [1.54, 1.807) is 18.2 Å². The number of hydrogen-bond donors (Lipinski definition) is 4. The standard InChI is InChI=1S/C30H32N4O4/c1-30(2,3)38-25(35)15-16-32-18-19-9-12-22(13-10-19)33-27(20-7-5-4-6-8-20)26-23-14-11-21(28(31)36)17-24(23)34-29(26)37/h4-14,17,32,34,37H,15-16,18H2,1-3H3,(H2,31,36). The number of nitrogens with two attached hydrogens (primary N) is 1. The van der Waals surface area contributed by atoms with Crippen molar-refractivity contribution in [3.8, 4) is 5.88 Å². The number of carbonyl (C=O) groups excluding carboxylic acids is 2. The molecule has 0 saturated heterocycles. The second kappa shape index (κ2) is 11.3. The van der Waals surface area contributed by atoms with Gasteiger partial charge in [0, 0.05) is 35.1 Å². The van der Waals surface area contributed by atoms with Gasteiger partial charge in [-0.1, -0.05) is 48.5 Å². The number of H-pyrrole nitrogens is 1. The van der Waals surface area contributed by atoms with Crippen molar-refractivity contribution in [2.24, 2.45) is 10.7 Å². The number of fused-ring (bicyclic) bond motifs is 1. The van der Waals surface area contributed by atoms with Crippen molar-refractivity contribution < 1.29 is 19.4 Å². The fourth-order valence-electron chi connectivity index (χ4n) is 4.07. The molecule has 8 nitrogen and oxygen atoms in total. The highest BCUT2D eigenvalue weighted by molar-refractivity contribution is 6.22. The highest BCUT2D eigenvalue weighted by Gasteiger charge is 2.19. The molecule has 0 atom stereocenters. The molecule has 38 heavy (non-hydrogen) atoms. The monoisotopic (exact) mass is 512 g/mol. The van der Waals surface area contributed by atoms with Crippen LogP contribution in [0, 0.1) is 0 Å². The Balaban J connectivity index is 1.56. The Morgan fingerprint density at radius 2 is 1.71 bits per heavy atom. The van der Waals surface area contributed by atoms with Gasteiger partial charge in [0.25, 0.3) is 0 Å². The summed E-state index contributed by atoms with van der Waals surface area (Å²) in [5, 5.41) is 14.8. The molecule has 5 N–H and O–H groups in total. The van der Waals surface area contributed by atoms with Crippen molar-refractivity contribution in [2.75, 3.05) is 6.54 Å². The number of rotatable bonds is 9. The minimum atomic E-state index is -0.543. The van der Waals surface area contributed by atoms with Crippen LogP contribution >= 0.6 is 0 Å². The number of hydrogen-bond acceptors (Lipinski definition) is 6. The van der Waals surface area contributed by atoms with Crippen molar-refractivity contribution in [1.29, 1.82) is 0 Å². The van der Waals surface area contributed by atoms with Crippen LogP contribution in [0.1, 0.15) is 54.2 Å². The van der Waals surface area contributed by atoms with Gasteiger partial charge in [0.2, 0.25) is 5.91 Å². The third kappa shape index (κ3) is 6.66. The lowest BCUT2D eigenvalue weighted by Crippen LogP contribution is -2.26. The summed E-state index contributed by atoms with van der Waals surface area (Å²) < 4.78 is 5.33. The quantitative estimate of drug-likeness (QED) is 0.143. The van der Waals surface area contributed by atoms with E-state index in [0.717, 1.165) is 16.5 Å². The van der Waals surface area contributed by atoms with E-state index in [-0.39, 0.29) is 11.8 Å². The molecular weight excluding hydrogens is 480 g/mol. The Labute approximate surface area is 221 Å². The number of aliphatic imine (C=N–C) groups is 1. The number of aromatic amines is 1. The number of benzene rings is 3. The van der Waals surface area contributed by atoms with Crippen LogP contribution in [-0.4, -0.2) is 39.8 Å². The largest absolute Gasteiger partial charge is 0.494 e. The lowest BCUT2D eigenvalue weighted by Gasteiger charge is -2.19. The maximum atomic E-state index is 11.9. The first-order valence-corrected chi connectivity index (χ1v) is 12.4. The van der Waals surface area contributed by atoms with Crippen molar-refractivity contribution in [2.45, 2.75) is 39.3 Å². The first-order valence-electron chi connectivity index (χ1n) is 12.4. The molecule has 0 unspecified atom stereocenters. The third-order valence-corrected chi connectivity index (χ3v) is 5.78. The van der Waals surface area contributed by atoms with Gasteiger partial charge in [0.05, 0.1) is 23.4 Å². The number of nitrogens with zero attached hydrogens (tertiary/aromatic N) is 1. The average Bonchev–Trinajstić information content (AvgIpc) is 3.20. The molecule has 8 heteroatoms. The van der Waals surface area contributed by atoms with E-state index in [9.17, 15) is 14.7 Å². The fourth-order valence-corrected chi connectivity index (χ4v) is 4.07. The third-order valence-electron chi connectivity index (χ3n) is 5.78. The number of nitrogens with one attached hydrogen (secondary N) is 2. The van der Waals surface area contributed by atoms with Crippen LogP contribution in [0.15, 0.2) is 77.8 Å². The maximum Gasteiger partial charge on any atom is 0.307 e. The molecule has 3 aromatic carbocycles. The van der Waals surface area contributed by atoms with Gasteiger partial charge in [-0.05, 0) is 50.6 Å². The smallest absolute Gasteiger partial charge is 0.307 e. The molecule has 0 spiro atoms. The maximum absolute atomic E-state index is 11.9. The molecule has 0 aliphatic rings. The molecule has 1 aromatic heterocycles. The Morgan fingerprint density at radius 1 is 1.00 bits per heavy atom. The zero-order chi connectivity index (χ0) is 27.3. The van der Waals surface area contributed by atoms with Gasteiger partial charge in [0.1, 0.15) is 5.60 Å². The first kappa shape index (κ1) is 26.6. The number of ether oxygens (including phenoxy) is 1. The number of amides is 1. The van der Waals surface area contributed by atoms with Crippen molar-refractivity contribution in [1.82, 2.24) is 10.3 Å². The summed E-state index contributed by atoms with van der Waals surface area (Å²) in [6, 6.07) is 22.4. The second-order valence-corrected chi connectivity index (χ2v) is 9.98. The zero-order valence-corrected chi connectivity index (χ0v) is 21.7. The van der Waals surface area contributed by atoms with E-state index in [2.05, 4.69) is 10.3 Å². The molecule has 4 aromatic rings. The van der Waals surface area contributed by atoms with Crippen molar-refractivity contribution in [3.63, 3.8) is 0 Å². The topological polar surface area (TPSA) is 130 Å². The predicted octanol–water partition coefficient (Wildman–Crippen LogP) is 4.96. The van der Waals surface area contributed by atoms with Crippen LogP contribution in [0.25, 0.3) is 10.9 Å². The molecular formula is C30H32N4O4. The highest BCUT2D eigenvalue weighted by Crippen LogP contribution is 2.32. The molecule has 0 aliphatic carbocycles. The predicted molar refractivity (Wildman–Crippen MR) is 149 cm³/mol. The van der Waals surface area contributed by atoms with E-state index < -0.39 is 11.5 Å². The van der Waals surface area contributed by atoms with Gasteiger partial charge >= 0.3 is 5.97 Å². The van der Waals surface area contributed by atoms with E-state index in [4.69, 9.17) is 15.5 Å². The van der Waals surface area contributed by atoms with Gasteiger partial charge in [0.15, 0.2) is 5.88 Å². The summed E-state index contributed by atoms with van der Waals surface area (Å²) in [4.78, 5) is 31.3. The molecule has 1 amide bonds. The minimum Gasteiger partial charge on any atom is -0.494 e. The number of primary amides is 1. The minimum absolute atomic E-state index is 0.0463. The Kier molecular flexibility index (Phi) is 7.93. The van der Waals surface area contributed by atoms with Crippen LogP contribution in [0.2, 0.25) is 0 Å². The van der Waals surface area contributed by atoms with E-state index >= 15 is 0 Å². The Bertz CT molecular complexity index is 1470. The van der Waals surface area contributed by atoms with Gasteiger partial charge in [-0.15, -0.1) is 0 Å². The van der Waals surface area contributed by atoms with Crippen molar-refractivity contribution in [3.05, 3.63) is 95.1 Å². The zero-order valence-electron chi connectivity index (χ0n) is 21.7. The van der Waals surface area contributed by atoms with Gasteiger partial charge in [-0.3, -0.25) is 9.59 Å². The number of aromatic hydroxyl groups is 1. The number of carbonyl (C=O) groups is 2. The normalized spacial score (nSPS) is 12.0. The molecule has 0 fully saturated rings. The summed E-state index contributed by atoms with van der Waals surface area (Å²) in [7, 11) is 0. The summed E-state index contributed by atoms with van der Waals surface area (Å²) >= 11 is 0. The lowest BCUT2D eigenvalue weighted by molar-refractivity contribution is -0.154. The van der Waals surface area contributed by atoms with E-state index in [1.165, 1.54) is 0 Å². The lowest BCUT2D eigenvalue weighted by atomic mass is 10.00. The van der Waals surface area contributed by atoms with E-state index in [0.29, 0.717) is 47.6 Å². The average molecular weight is 513 g/mol. The first-order chi connectivity index (χ1) is 18.1. The molecule has 0 bridgehead atoms. The molecule has 0 radical (unpaired) electrons. The molecule has 0 saturated carbocycles. The summed E-state index contributed by atoms with van der Waals surface area (Å²) in [5.41, 5.74) is 9.58. The van der Waals surface area contributed by atoms with Crippen LogP contribution < -0.4 is 11.1 Å². The number of aromatic nitrogens is 1. The summed E-state index contributed by atoms with van der Waals surface area (Å²) in [5.74, 6) is -0.816. The second-order valence-electron chi connectivity index (χ2n) is 9.98. The fraction of sp³-hybridized carbons (Fsp3) is 0.233. The SMILES string of the molecule is CC(C)(C)OC(=O)CCNCc1ccc(N=C(c2ccccc2)c2c(O)[nH]c3cc(C(N)=O)ccc23)cc1. The van der Waals surface area contributed by atoms with Crippen LogP contribution in [0.5, 0.6) is 5.88 Å². The molecule has 196 valence electrons.